The molecule has 1 aromatic heterocycles. The summed E-state index contributed by atoms with van der Waals surface area (Å²) < 4.78 is 27.0. The molecule has 1 heterocycles. The summed E-state index contributed by atoms with van der Waals surface area (Å²) in [5.74, 6) is -1.89. The molecule has 0 fully saturated rings. The number of hydrogen-bond donors (Lipinski definition) is 3. The lowest BCUT2D eigenvalue weighted by Gasteiger charge is -2.13. The summed E-state index contributed by atoms with van der Waals surface area (Å²) in [6.45, 7) is 0. The second kappa shape index (κ2) is 4.57. The van der Waals surface area contributed by atoms with Crippen molar-refractivity contribution in [1.82, 2.24) is 9.97 Å². The van der Waals surface area contributed by atoms with Crippen LogP contribution in [0.3, 0.4) is 0 Å². The topological polar surface area (TPSA) is 74.7 Å². The van der Waals surface area contributed by atoms with Crippen LogP contribution in [0, 0.1) is 11.6 Å². The van der Waals surface area contributed by atoms with E-state index in [1.165, 1.54) is 12.1 Å². The van der Waals surface area contributed by atoms with Gasteiger partial charge in [0.05, 0.1) is 17.1 Å². The summed E-state index contributed by atoms with van der Waals surface area (Å²) in [4.78, 5) is 16.4. The maximum atomic E-state index is 13.7. The Morgan fingerprint density at radius 3 is 2.60 bits per heavy atom. The van der Waals surface area contributed by atoms with Gasteiger partial charge >= 0.3 is 5.69 Å². The number of benzene rings is 2. The molecule has 0 saturated carbocycles. The van der Waals surface area contributed by atoms with Gasteiger partial charge in [0.1, 0.15) is 0 Å². The molecule has 0 aliphatic rings. The monoisotopic (exact) mass is 275 g/mol. The molecule has 0 amide bonds. The Morgan fingerprint density at radius 1 is 1.05 bits per heavy atom. The van der Waals surface area contributed by atoms with Gasteiger partial charge in [-0.25, -0.2) is 13.6 Å². The summed E-state index contributed by atoms with van der Waals surface area (Å²) in [6, 6.07) is 8.05. The molecule has 2 aromatic carbocycles. The molecule has 0 aliphatic carbocycles. The van der Waals surface area contributed by atoms with Crippen LogP contribution in [0.1, 0.15) is 17.2 Å². The lowest BCUT2D eigenvalue weighted by atomic mass is 9.98. The van der Waals surface area contributed by atoms with Gasteiger partial charge in [-0.15, -0.1) is 0 Å². The number of rotatable bonds is 2. The van der Waals surface area contributed by atoms with Crippen LogP contribution < -0.4 is 11.4 Å². The van der Waals surface area contributed by atoms with Crippen LogP contribution in [0.4, 0.5) is 8.78 Å². The minimum Gasteiger partial charge on any atom is -0.320 e. The van der Waals surface area contributed by atoms with E-state index >= 15 is 0 Å². The maximum Gasteiger partial charge on any atom is 0.323 e. The van der Waals surface area contributed by atoms with Gasteiger partial charge in [-0.3, -0.25) is 0 Å². The highest BCUT2D eigenvalue weighted by molar-refractivity contribution is 5.75. The van der Waals surface area contributed by atoms with Crippen molar-refractivity contribution < 1.29 is 8.78 Å². The highest BCUT2D eigenvalue weighted by atomic mass is 19.2. The predicted molar refractivity (Wildman–Crippen MR) is 71.3 cm³/mol. The first-order valence-electron chi connectivity index (χ1n) is 5.97. The number of fused-ring (bicyclic) bond motifs is 1. The van der Waals surface area contributed by atoms with E-state index in [-0.39, 0.29) is 11.3 Å². The summed E-state index contributed by atoms with van der Waals surface area (Å²) in [7, 11) is 0. The average molecular weight is 275 g/mol. The normalized spacial score (nSPS) is 12.8. The minimum absolute atomic E-state index is 0.0715. The van der Waals surface area contributed by atoms with Gasteiger partial charge < -0.3 is 15.7 Å². The molecule has 0 saturated heterocycles. The molecule has 4 nitrogen and oxygen atoms in total. The van der Waals surface area contributed by atoms with E-state index in [0.717, 1.165) is 6.07 Å². The van der Waals surface area contributed by atoms with E-state index in [4.69, 9.17) is 5.73 Å². The Hall–Kier alpha value is -2.47. The SMILES string of the molecule is NC(c1ccc2[nH]c(=O)[nH]c2c1)c1cccc(F)c1F. The standard InChI is InChI=1S/C14H11F2N3O/c15-9-3-1-2-8(12(9)16)13(17)7-4-5-10-11(6-7)19-14(20)18-10/h1-6,13H,17H2,(H2,18,19,20). The largest absolute Gasteiger partial charge is 0.323 e. The minimum atomic E-state index is -0.956. The van der Waals surface area contributed by atoms with Gasteiger partial charge in [0.15, 0.2) is 11.6 Å². The van der Waals surface area contributed by atoms with E-state index in [1.807, 2.05) is 0 Å². The van der Waals surface area contributed by atoms with Crippen molar-refractivity contribution in [3.05, 3.63) is 69.6 Å². The molecular formula is C14H11F2N3O. The maximum absolute atomic E-state index is 13.7. The Morgan fingerprint density at radius 2 is 1.80 bits per heavy atom. The first kappa shape index (κ1) is 12.6. The van der Waals surface area contributed by atoms with Crippen molar-refractivity contribution in [3.63, 3.8) is 0 Å². The van der Waals surface area contributed by atoms with Crippen molar-refractivity contribution in [3.8, 4) is 0 Å². The van der Waals surface area contributed by atoms with Gasteiger partial charge in [0.2, 0.25) is 0 Å². The molecule has 4 N–H and O–H groups in total. The zero-order valence-electron chi connectivity index (χ0n) is 10.3. The van der Waals surface area contributed by atoms with Crippen molar-refractivity contribution in [1.29, 1.82) is 0 Å². The second-order valence-corrected chi connectivity index (χ2v) is 4.50. The van der Waals surface area contributed by atoms with Gasteiger partial charge in [-0.2, -0.15) is 0 Å². The highest BCUT2D eigenvalue weighted by Crippen LogP contribution is 2.25. The number of H-pyrrole nitrogens is 2. The summed E-state index contributed by atoms with van der Waals surface area (Å²) >= 11 is 0. The lowest BCUT2D eigenvalue weighted by molar-refractivity contribution is 0.494. The first-order chi connectivity index (χ1) is 9.56. The molecule has 0 radical (unpaired) electrons. The molecule has 0 aliphatic heterocycles. The predicted octanol–water partition coefficient (Wildman–Crippen LogP) is 2.18. The molecule has 20 heavy (non-hydrogen) atoms. The fraction of sp³-hybridized carbons (Fsp3) is 0.0714. The number of halogens is 2. The highest BCUT2D eigenvalue weighted by Gasteiger charge is 2.16. The molecule has 0 bridgehead atoms. The van der Waals surface area contributed by atoms with Crippen molar-refractivity contribution in [2.45, 2.75) is 6.04 Å². The Kier molecular flexibility index (Phi) is 2.87. The third-order valence-corrected chi connectivity index (χ3v) is 3.22. The van der Waals surface area contributed by atoms with Gasteiger partial charge in [-0.1, -0.05) is 18.2 Å². The molecule has 102 valence electrons. The van der Waals surface area contributed by atoms with E-state index in [9.17, 15) is 13.6 Å². The van der Waals surface area contributed by atoms with Crippen molar-refractivity contribution >= 4 is 11.0 Å². The number of aromatic nitrogens is 2. The van der Waals surface area contributed by atoms with Crippen LogP contribution in [0.25, 0.3) is 11.0 Å². The Bertz CT molecular complexity index is 838. The fourth-order valence-electron chi connectivity index (χ4n) is 2.18. The van der Waals surface area contributed by atoms with Crippen LogP contribution in [0.15, 0.2) is 41.2 Å². The number of aromatic amines is 2. The molecule has 0 spiro atoms. The molecule has 3 rings (SSSR count). The lowest BCUT2D eigenvalue weighted by Crippen LogP contribution is -2.14. The molecule has 1 atom stereocenters. The van der Waals surface area contributed by atoms with Gasteiger partial charge in [0.25, 0.3) is 0 Å². The smallest absolute Gasteiger partial charge is 0.320 e. The van der Waals surface area contributed by atoms with Crippen molar-refractivity contribution in [2.75, 3.05) is 0 Å². The zero-order chi connectivity index (χ0) is 14.3. The summed E-state index contributed by atoms with van der Waals surface area (Å²) in [5, 5.41) is 0. The average Bonchev–Trinajstić information content (AvgIpc) is 2.80. The third-order valence-electron chi connectivity index (χ3n) is 3.22. The van der Waals surface area contributed by atoms with Gasteiger partial charge in [-0.05, 0) is 23.8 Å². The quantitative estimate of drug-likeness (QED) is 0.670. The summed E-state index contributed by atoms with van der Waals surface area (Å²) in [5.41, 5.74) is 7.50. The second-order valence-electron chi connectivity index (χ2n) is 4.50. The van der Waals surface area contributed by atoms with Crippen LogP contribution in [0.2, 0.25) is 0 Å². The van der Waals surface area contributed by atoms with Crippen LogP contribution in [-0.2, 0) is 0 Å². The van der Waals surface area contributed by atoms with Crippen molar-refractivity contribution in [2.24, 2.45) is 5.73 Å². The van der Waals surface area contributed by atoms with Crippen LogP contribution in [-0.4, -0.2) is 9.97 Å². The van der Waals surface area contributed by atoms with E-state index in [1.54, 1.807) is 18.2 Å². The summed E-state index contributed by atoms with van der Waals surface area (Å²) in [6.07, 6.45) is 0. The van der Waals surface area contributed by atoms with E-state index in [2.05, 4.69) is 9.97 Å². The van der Waals surface area contributed by atoms with E-state index < -0.39 is 17.7 Å². The number of imidazole rings is 1. The van der Waals surface area contributed by atoms with E-state index in [0.29, 0.717) is 16.6 Å². The van der Waals surface area contributed by atoms with Crippen LogP contribution >= 0.6 is 0 Å². The number of nitrogens with two attached hydrogens (primary N) is 1. The zero-order valence-corrected chi connectivity index (χ0v) is 10.3. The third kappa shape index (κ3) is 2.00. The molecule has 1 unspecified atom stereocenters. The first-order valence-corrected chi connectivity index (χ1v) is 5.97. The number of hydrogen-bond acceptors (Lipinski definition) is 2. The molecular weight excluding hydrogens is 264 g/mol. The Balaban J connectivity index is 2.09. The van der Waals surface area contributed by atoms with Crippen LogP contribution in [0.5, 0.6) is 0 Å². The Labute approximate surface area is 112 Å². The fourth-order valence-corrected chi connectivity index (χ4v) is 2.18. The molecule has 6 heteroatoms. The van der Waals surface area contributed by atoms with Gasteiger partial charge in [0, 0.05) is 5.56 Å². The number of nitrogens with one attached hydrogen (secondary N) is 2. The molecule has 3 aromatic rings.